The van der Waals surface area contributed by atoms with Gasteiger partial charge in [0.15, 0.2) is 0 Å². The zero-order chi connectivity index (χ0) is 14.5. The summed E-state index contributed by atoms with van der Waals surface area (Å²) < 4.78 is 5.70. The lowest BCUT2D eigenvalue weighted by Gasteiger charge is -2.31. The fraction of sp³-hybridized carbons (Fsp3) is 0.500. The highest BCUT2D eigenvalue weighted by Crippen LogP contribution is 2.16. The highest BCUT2D eigenvalue weighted by molar-refractivity contribution is 6.30. The summed E-state index contributed by atoms with van der Waals surface area (Å²) in [6, 6.07) is 0.302. The van der Waals surface area contributed by atoms with Crippen LogP contribution in [0, 0.1) is 0 Å². The Bertz CT molecular complexity index is 498. The van der Waals surface area contributed by atoms with Gasteiger partial charge in [0.05, 0.1) is 24.0 Å². The van der Waals surface area contributed by atoms with Gasteiger partial charge in [0.25, 0.3) is 0 Å². The van der Waals surface area contributed by atoms with Crippen LogP contribution in [-0.4, -0.2) is 40.0 Å². The van der Waals surface area contributed by atoms with Crippen LogP contribution >= 0.6 is 11.6 Å². The first-order valence-electron chi connectivity index (χ1n) is 6.62. The SMILES string of the molecule is CC(C)=CC(=O)N1CCCC(Oc2ncc(Cl)cn2)C1. The topological polar surface area (TPSA) is 55.3 Å². The van der Waals surface area contributed by atoms with Crippen LogP contribution in [0.3, 0.4) is 0 Å². The minimum absolute atomic E-state index is 0.0373. The van der Waals surface area contributed by atoms with E-state index in [1.807, 2.05) is 13.8 Å². The van der Waals surface area contributed by atoms with Crippen LogP contribution < -0.4 is 4.74 Å². The number of hydrogen-bond acceptors (Lipinski definition) is 4. The van der Waals surface area contributed by atoms with Gasteiger partial charge in [-0.25, -0.2) is 9.97 Å². The van der Waals surface area contributed by atoms with E-state index in [0.717, 1.165) is 25.0 Å². The van der Waals surface area contributed by atoms with E-state index in [0.29, 0.717) is 17.6 Å². The Morgan fingerprint density at radius 3 is 2.80 bits per heavy atom. The Morgan fingerprint density at radius 2 is 2.15 bits per heavy atom. The average molecular weight is 296 g/mol. The normalized spacial score (nSPS) is 18.6. The Morgan fingerprint density at radius 1 is 1.45 bits per heavy atom. The molecule has 1 aromatic heterocycles. The molecule has 108 valence electrons. The molecule has 1 amide bonds. The number of carbonyl (C=O) groups is 1. The molecular weight excluding hydrogens is 278 g/mol. The first-order valence-corrected chi connectivity index (χ1v) is 7.00. The van der Waals surface area contributed by atoms with Crippen LogP contribution in [0.1, 0.15) is 26.7 Å². The zero-order valence-electron chi connectivity index (χ0n) is 11.7. The fourth-order valence-electron chi connectivity index (χ4n) is 2.08. The third-order valence-corrected chi connectivity index (χ3v) is 3.17. The summed E-state index contributed by atoms with van der Waals surface area (Å²) in [6.07, 6.45) is 6.39. The third-order valence-electron chi connectivity index (χ3n) is 2.97. The molecule has 6 heteroatoms. The first kappa shape index (κ1) is 14.8. The molecule has 0 spiro atoms. The number of piperidine rings is 1. The van der Waals surface area contributed by atoms with Crippen molar-refractivity contribution in [3.8, 4) is 6.01 Å². The Hall–Kier alpha value is -1.62. The number of halogens is 1. The van der Waals surface area contributed by atoms with Gasteiger partial charge in [-0.15, -0.1) is 0 Å². The second-order valence-electron chi connectivity index (χ2n) is 5.07. The fourth-order valence-corrected chi connectivity index (χ4v) is 2.18. The molecule has 2 rings (SSSR count). The molecule has 0 radical (unpaired) electrons. The Balaban J connectivity index is 1.95. The summed E-state index contributed by atoms with van der Waals surface area (Å²) in [6.45, 7) is 5.16. The predicted octanol–water partition coefficient (Wildman–Crippen LogP) is 2.47. The van der Waals surface area contributed by atoms with E-state index in [9.17, 15) is 4.79 Å². The number of carbonyl (C=O) groups excluding carboxylic acids is 1. The molecule has 1 unspecified atom stereocenters. The predicted molar refractivity (Wildman–Crippen MR) is 76.7 cm³/mol. The van der Waals surface area contributed by atoms with Crippen molar-refractivity contribution in [2.75, 3.05) is 13.1 Å². The largest absolute Gasteiger partial charge is 0.458 e. The van der Waals surface area contributed by atoms with Crippen LogP contribution in [0.4, 0.5) is 0 Å². The van der Waals surface area contributed by atoms with Gasteiger partial charge in [-0.1, -0.05) is 17.2 Å². The molecule has 5 nitrogen and oxygen atoms in total. The monoisotopic (exact) mass is 295 g/mol. The Kier molecular flexibility index (Phi) is 4.95. The van der Waals surface area contributed by atoms with E-state index in [2.05, 4.69) is 9.97 Å². The lowest BCUT2D eigenvalue weighted by Crippen LogP contribution is -2.44. The summed E-state index contributed by atoms with van der Waals surface area (Å²) in [4.78, 5) is 21.8. The second kappa shape index (κ2) is 6.70. The van der Waals surface area contributed by atoms with E-state index in [1.165, 1.54) is 12.4 Å². The summed E-state index contributed by atoms with van der Waals surface area (Å²) >= 11 is 5.73. The van der Waals surface area contributed by atoms with Crippen molar-refractivity contribution in [1.82, 2.24) is 14.9 Å². The summed E-state index contributed by atoms with van der Waals surface area (Å²) in [7, 11) is 0. The van der Waals surface area contributed by atoms with Crippen LogP contribution in [0.15, 0.2) is 24.0 Å². The maximum absolute atomic E-state index is 12.0. The van der Waals surface area contributed by atoms with Crippen LogP contribution in [-0.2, 0) is 4.79 Å². The van der Waals surface area contributed by atoms with Crippen molar-refractivity contribution in [3.63, 3.8) is 0 Å². The van der Waals surface area contributed by atoms with Crippen molar-refractivity contribution < 1.29 is 9.53 Å². The Labute approximate surface area is 123 Å². The van der Waals surface area contributed by atoms with E-state index >= 15 is 0 Å². The van der Waals surface area contributed by atoms with Crippen LogP contribution in [0.25, 0.3) is 0 Å². The highest BCUT2D eigenvalue weighted by Gasteiger charge is 2.24. The molecular formula is C14H18ClN3O2. The van der Waals surface area contributed by atoms with Gasteiger partial charge in [-0.3, -0.25) is 4.79 Å². The number of nitrogens with zero attached hydrogens (tertiary/aromatic N) is 3. The number of ether oxygens (including phenoxy) is 1. The molecule has 1 aliphatic heterocycles. The molecule has 0 bridgehead atoms. The maximum atomic E-state index is 12.0. The average Bonchev–Trinajstić information content (AvgIpc) is 2.41. The van der Waals surface area contributed by atoms with Crippen molar-refractivity contribution in [2.24, 2.45) is 0 Å². The quantitative estimate of drug-likeness (QED) is 0.804. The first-order chi connectivity index (χ1) is 9.54. The molecule has 0 aromatic carbocycles. The van der Waals surface area contributed by atoms with E-state index < -0.39 is 0 Å². The molecule has 1 fully saturated rings. The van der Waals surface area contributed by atoms with E-state index in [4.69, 9.17) is 16.3 Å². The molecule has 0 saturated carbocycles. The number of allylic oxidation sites excluding steroid dienone is 1. The van der Waals surface area contributed by atoms with Crippen LogP contribution in [0.2, 0.25) is 5.02 Å². The standard InChI is InChI=1S/C14H18ClN3O2/c1-10(2)6-13(19)18-5-3-4-12(9-18)20-14-16-7-11(15)8-17-14/h6-8,12H,3-5,9H2,1-2H3. The second-order valence-corrected chi connectivity index (χ2v) is 5.51. The van der Waals surface area contributed by atoms with Crippen molar-refractivity contribution >= 4 is 17.5 Å². The number of aromatic nitrogens is 2. The summed E-state index contributed by atoms with van der Waals surface area (Å²) in [5.74, 6) is 0.0373. The van der Waals surface area contributed by atoms with Gasteiger partial charge in [0, 0.05) is 12.6 Å². The minimum Gasteiger partial charge on any atom is -0.458 e. The molecule has 1 aromatic rings. The van der Waals surface area contributed by atoms with Gasteiger partial charge in [-0.05, 0) is 26.7 Å². The van der Waals surface area contributed by atoms with E-state index in [1.54, 1.807) is 11.0 Å². The number of likely N-dealkylation sites (tertiary alicyclic amines) is 1. The highest BCUT2D eigenvalue weighted by atomic mass is 35.5. The molecule has 1 saturated heterocycles. The molecule has 20 heavy (non-hydrogen) atoms. The maximum Gasteiger partial charge on any atom is 0.316 e. The lowest BCUT2D eigenvalue weighted by atomic mass is 10.1. The molecule has 0 aliphatic carbocycles. The molecule has 0 N–H and O–H groups in total. The molecule has 2 heterocycles. The molecule has 1 aliphatic rings. The van der Waals surface area contributed by atoms with Gasteiger partial charge in [0.2, 0.25) is 5.91 Å². The number of hydrogen-bond donors (Lipinski definition) is 0. The summed E-state index contributed by atoms with van der Waals surface area (Å²) in [5, 5.41) is 0.473. The van der Waals surface area contributed by atoms with Crippen molar-refractivity contribution in [2.45, 2.75) is 32.8 Å². The molecule has 1 atom stereocenters. The minimum atomic E-state index is -0.0700. The summed E-state index contributed by atoms with van der Waals surface area (Å²) in [5.41, 5.74) is 0.999. The van der Waals surface area contributed by atoms with Crippen LogP contribution in [0.5, 0.6) is 6.01 Å². The van der Waals surface area contributed by atoms with Gasteiger partial charge < -0.3 is 9.64 Å². The van der Waals surface area contributed by atoms with E-state index in [-0.39, 0.29) is 12.0 Å². The zero-order valence-corrected chi connectivity index (χ0v) is 12.4. The van der Waals surface area contributed by atoms with Gasteiger partial charge in [0.1, 0.15) is 6.10 Å². The number of amides is 1. The van der Waals surface area contributed by atoms with Crippen molar-refractivity contribution in [3.05, 3.63) is 29.1 Å². The van der Waals surface area contributed by atoms with Gasteiger partial charge in [-0.2, -0.15) is 0 Å². The number of rotatable bonds is 3. The third kappa shape index (κ3) is 4.20. The lowest BCUT2D eigenvalue weighted by molar-refractivity contribution is -0.128. The van der Waals surface area contributed by atoms with Gasteiger partial charge >= 0.3 is 6.01 Å². The van der Waals surface area contributed by atoms with Crippen molar-refractivity contribution in [1.29, 1.82) is 0 Å². The smallest absolute Gasteiger partial charge is 0.316 e.